The summed E-state index contributed by atoms with van der Waals surface area (Å²) in [6, 6.07) is 8.38. The van der Waals surface area contributed by atoms with Crippen LogP contribution < -0.4 is 5.73 Å². The van der Waals surface area contributed by atoms with Gasteiger partial charge in [-0.1, -0.05) is 24.3 Å². The Kier molecular flexibility index (Phi) is 2.93. The standard InChI is InChI=1S/C14H16N4O2/c1-9-13(18(19)20)14(15)17(16-9)12-7-6-10-4-2-3-5-11(10)8-12/h2-5,12H,6-8,15H2,1H3. The lowest BCUT2D eigenvalue weighted by molar-refractivity contribution is -0.384. The number of anilines is 1. The number of benzene rings is 1. The number of nitrogen functional groups attached to an aromatic ring is 1. The summed E-state index contributed by atoms with van der Waals surface area (Å²) >= 11 is 0. The highest BCUT2D eigenvalue weighted by Gasteiger charge is 2.28. The van der Waals surface area contributed by atoms with Crippen LogP contribution in [0.2, 0.25) is 0 Å². The second kappa shape index (κ2) is 4.63. The molecule has 6 heteroatoms. The van der Waals surface area contributed by atoms with E-state index in [1.165, 1.54) is 11.1 Å². The molecule has 6 nitrogen and oxygen atoms in total. The maximum Gasteiger partial charge on any atom is 0.333 e. The van der Waals surface area contributed by atoms with Crippen molar-refractivity contribution >= 4 is 11.5 Å². The smallest absolute Gasteiger partial charge is 0.333 e. The van der Waals surface area contributed by atoms with Gasteiger partial charge in [0.15, 0.2) is 0 Å². The van der Waals surface area contributed by atoms with Crippen LogP contribution in [0.5, 0.6) is 0 Å². The molecule has 0 spiro atoms. The minimum Gasteiger partial charge on any atom is -0.378 e. The minimum atomic E-state index is -0.453. The molecule has 2 N–H and O–H groups in total. The van der Waals surface area contributed by atoms with Crippen LogP contribution in [-0.2, 0) is 12.8 Å². The Morgan fingerprint density at radius 3 is 2.75 bits per heavy atom. The Labute approximate surface area is 116 Å². The number of hydrogen-bond acceptors (Lipinski definition) is 4. The molecule has 20 heavy (non-hydrogen) atoms. The number of rotatable bonds is 2. The van der Waals surface area contributed by atoms with Gasteiger partial charge in [-0.05, 0) is 37.3 Å². The number of nitrogens with two attached hydrogens (primary N) is 1. The van der Waals surface area contributed by atoms with Gasteiger partial charge >= 0.3 is 5.69 Å². The summed E-state index contributed by atoms with van der Waals surface area (Å²) in [5.41, 5.74) is 8.85. The topological polar surface area (TPSA) is 87.0 Å². The van der Waals surface area contributed by atoms with Crippen molar-refractivity contribution in [3.8, 4) is 0 Å². The normalized spacial score (nSPS) is 17.8. The van der Waals surface area contributed by atoms with E-state index in [9.17, 15) is 10.1 Å². The van der Waals surface area contributed by atoms with Gasteiger partial charge in [-0.3, -0.25) is 10.1 Å². The van der Waals surface area contributed by atoms with Crippen LogP contribution in [0.15, 0.2) is 24.3 Å². The molecule has 2 aromatic rings. The van der Waals surface area contributed by atoms with E-state index in [0.29, 0.717) is 5.69 Å². The number of aryl methyl sites for hydroxylation is 2. The second-order valence-corrected chi connectivity index (χ2v) is 5.19. The number of aromatic nitrogens is 2. The van der Waals surface area contributed by atoms with E-state index in [2.05, 4.69) is 17.2 Å². The van der Waals surface area contributed by atoms with Crippen LogP contribution in [0.25, 0.3) is 0 Å². The minimum absolute atomic E-state index is 0.0659. The van der Waals surface area contributed by atoms with E-state index in [4.69, 9.17) is 5.73 Å². The summed E-state index contributed by atoms with van der Waals surface area (Å²) in [5, 5.41) is 15.3. The van der Waals surface area contributed by atoms with Crippen molar-refractivity contribution in [1.29, 1.82) is 0 Å². The lowest BCUT2D eigenvalue weighted by atomic mass is 9.88. The highest BCUT2D eigenvalue weighted by molar-refractivity contribution is 5.56. The van der Waals surface area contributed by atoms with Gasteiger partial charge in [0.05, 0.1) is 11.0 Å². The van der Waals surface area contributed by atoms with Crippen LogP contribution in [0.3, 0.4) is 0 Å². The first-order valence-corrected chi connectivity index (χ1v) is 6.63. The Bertz CT molecular complexity index is 678. The van der Waals surface area contributed by atoms with Crippen LogP contribution >= 0.6 is 0 Å². The van der Waals surface area contributed by atoms with E-state index in [0.717, 1.165) is 19.3 Å². The molecule has 0 aliphatic heterocycles. The molecule has 3 rings (SSSR count). The summed E-state index contributed by atoms with van der Waals surface area (Å²) in [6.07, 6.45) is 2.67. The van der Waals surface area contributed by atoms with Crippen LogP contribution in [-0.4, -0.2) is 14.7 Å². The molecule has 1 atom stereocenters. The third-order valence-electron chi connectivity index (χ3n) is 3.94. The highest BCUT2D eigenvalue weighted by atomic mass is 16.6. The first-order chi connectivity index (χ1) is 9.58. The molecule has 1 aromatic carbocycles. The van der Waals surface area contributed by atoms with E-state index in [-0.39, 0.29) is 17.5 Å². The highest BCUT2D eigenvalue weighted by Crippen LogP contribution is 2.34. The number of fused-ring (bicyclic) bond motifs is 1. The van der Waals surface area contributed by atoms with E-state index >= 15 is 0 Å². The predicted octanol–water partition coefficient (Wildman–Crippen LogP) is 2.41. The Hall–Kier alpha value is -2.37. The van der Waals surface area contributed by atoms with Crippen molar-refractivity contribution < 1.29 is 4.92 Å². The molecule has 0 saturated heterocycles. The Morgan fingerprint density at radius 1 is 1.40 bits per heavy atom. The molecule has 0 bridgehead atoms. The van der Waals surface area contributed by atoms with Crippen molar-refractivity contribution in [3.63, 3.8) is 0 Å². The third-order valence-corrected chi connectivity index (χ3v) is 3.94. The molecule has 1 unspecified atom stereocenters. The van der Waals surface area contributed by atoms with E-state index in [1.54, 1.807) is 11.6 Å². The van der Waals surface area contributed by atoms with Gasteiger partial charge in [0.25, 0.3) is 0 Å². The SMILES string of the molecule is Cc1nn(C2CCc3ccccc3C2)c(N)c1[N+](=O)[O-]. The summed E-state index contributed by atoms with van der Waals surface area (Å²) in [7, 11) is 0. The molecule has 0 radical (unpaired) electrons. The molecule has 0 fully saturated rings. The van der Waals surface area contributed by atoms with Crippen molar-refractivity contribution in [2.75, 3.05) is 5.73 Å². The van der Waals surface area contributed by atoms with Gasteiger partial charge in [0.2, 0.25) is 5.82 Å². The number of nitrogens with zero attached hydrogens (tertiary/aromatic N) is 3. The number of hydrogen-bond donors (Lipinski definition) is 1. The fourth-order valence-corrected chi connectivity index (χ4v) is 2.95. The lowest BCUT2D eigenvalue weighted by Crippen LogP contribution is -2.21. The summed E-state index contributed by atoms with van der Waals surface area (Å²) in [5.74, 6) is 0.164. The lowest BCUT2D eigenvalue weighted by Gasteiger charge is -2.25. The molecule has 1 aliphatic rings. The fraction of sp³-hybridized carbons (Fsp3) is 0.357. The van der Waals surface area contributed by atoms with Crippen molar-refractivity contribution in [2.24, 2.45) is 0 Å². The van der Waals surface area contributed by atoms with Gasteiger partial charge in [-0.2, -0.15) is 5.10 Å². The zero-order chi connectivity index (χ0) is 14.3. The van der Waals surface area contributed by atoms with Gasteiger partial charge in [0.1, 0.15) is 5.69 Å². The number of nitro groups is 1. The van der Waals surface area contributed by atoms with Gasteiger partial charge in [0, 0.05) is 0 Å². The monoisotopic (exact) mass is 272 g/mol. The van der Waals surface area contributed by atoms with Crippen LogP contribution in [0.1, 0.15) is 29.3 Å². The Balaban J connectivity index is 1.96. The maximum atomic E-state index is 11.0. The maximum absolute atomic E-state index is 11.0. The quantitative estimate of drug-likeness (QED) is 0.671. The summed E-state index contributed by atoms with van der Waals surface area (Å²) < 4.78 is 1.63. The first kappa shape index (κ1) is 12.7. The first-order valence-electron chi connectivity index (χ1n) is 6.63. The molecule has 0 saturated carbocycles. The largest absolute Gasteiger partial charge is 0.378 e. The van der Waals surface area contributed by atoms with E-state index in [1.807, 2.05) is 12.1 Å². The Morgan fingerprint density at radius 2 is 2.10 bits per heavy atom. The van der Waals surface area contributed by atoms with Crippen molar-refractivity contribution in [3.05, 3.63) is 51.2 Å². The summed E-state index contributed by atoms with van der Waals surface area (Å²) in [6.45, 7) is 1.63. The van der Waals surface area contributed by atoms with E-state index < -0.39 is 4.92 Å². The molecule has 1 aromatic heterocycles. The van der Waals surface area contributed by atoms with Crippen LogP contribution in [0.4, 0.5) is 11.5 Å². The zero-order valence-electron chi connectivity index (χ0n) is 11.2. The van der Waals surface area contributed by atoms with Gasteiger partial charge in [-0.15, -0.1) is 0 Å². The molecule has 1 heterocycles. The van der Waals surface area contributed by atoms with Gasteiger partial charge < -0.3 is 5.73 Å². The van der Waals surface area contributed by atoms with Crippen molar-refractivity contribution in [2.45, 2.75) is 32.2 Å². The molecular weight excluding hydrogens is 256 g/mol. The second-order valence-electron chi connectivity index (χ2n) is 5.19. The molecule has 0 amide bonds. The fourth-order valence-electron chi connectivity index (χ4n) is 2.95. The predicted molar refractivity (Wildman–Crippen MR) is 75.5 cm³/mol. The molecular formula is C14H16N4O2. The molecule has 1 aliphatic carbocycles. The average molecular weight is 272 g/mol. The zero-order valence-corrected chi connectivity index (χ0v) is 11.2. The third kappa shape index (κ3) is 1.93. The average Bonchev–Trinajstić information content (AvgIpc) is 2.73. The molecule has 104 valence electrons. The summed E-state index contributed by atoms with van der Waals surface area (Å²) in [4.78, 5) is 10.6. The van der Waals surface area contributed by atoms with Crippen LogP contribution in [0, 0.1) is 17.0 Å². The van der Waals surface area contributed by atoms with Gasteiger partial charge in [-0.25, -0.2) is 4.68 Å². The van der Waals surface area contributed by atoms with Crippen molar-refractivity contribution in [1.82, 2.24) is 9.78 Å².